The maximum Gasteiger partial charge on any atom is 0.225 e. The molecule has 3 heterocycles. The Morgan fingerprint density at radius 1 is 1.33 bits per heavy atom. The van der Waals surface area contributed by atoms with Gasteiger partial charge in [0.2, 0.25) is 5.91 Å². The van der Waals surface area contributed by atoms with Crippen LogP contribution < -0.4 is 5.32 Å². The van der Waals surface area contributed by atoms with Crippen LogP contribution in [0.5, 0.6) is 0 Å². The summed E-state index contributed by atoms with van der Waals surface area (Å²) in [5, 5.41) is 7.26. The molecular weight excluding hydrogens is 304 g/mol. The number of aromatic nitrogens is 3. The molecule has 2 aromatic heterocycles. The lowest BCUT2D eigenvalue weighted by Gasteiger charge is -2.22. The average Bonchev–Trinajstić information content (AvgIpc) is 2.83. The number of carbonyl (C=O) groups is 1. The molecule has 130 valence electrons. The third-order valence-electron chi connectivity index (χ3n) is 4.67. The van der Waals surface area contributed by atoms with Gasteiger partial charge in [0.05, 0.1) is 12.1 Å². The average molecular weight is 330 g/mol. The lowest BCUT2D eigenvalue weighted by Crippen LogP contribution is -2.39. The van der Waals surface area contributed by atoms with E-state index in [1.165, 1.54) is 0 Å². The van der Waals surface area contributed by atoms with E-state index in [9.17, 15) is 4.79 Å². The molecule has 1 amide bonds. The lowest BCUT2D eigenvalue weighted by molar-refractivity contribution is -0.125. The number of fused-ring (bicyclic) bond motifs is 1. The quantitative estimate of drug-likeness (QED) is 0.885. The number of carbonyl (C=O) groups excluding carboxylic acids is 1. The van der Waals surface area contributed by atoms with Crippen LogP contribution in [0.25, 0.3) is 5.65 Å². The number of nitrogens with one attached hydrogen (secondary N) is 1. The van der Waals surface area contributed by atoms with Crippen molar-refractivity contribution in [3.05, 3.63) is 29.2 Å². The van der Waals surface area contributed by atoms with Gasteiger partial charge in [0.25, 0.3) is 0 Å². The Bertz CT molecular complexity index is 740. The maximum atomic E-state index is 12.1. The van der Waals surface area contributed by atoms with Crippen molar-refractivity contribution in [3.63, 3.8) is 0 Å². The van der Waals surface area contributed by atoms with Crippen LogP contribution in [-0.2, 0) is 11.3 Å². The first-order valence-corrected chi connectivity index (χ1v) is 8.41. The minimum atomic E-state index is -0.0132. The van der Waals surface area contributed by atoms with Crippen molar-refractivity contribution < 1.29 is 4.79 Å². The number of likely N-dealkylation sites (N-methyl/N-ethyl adjacent to an activating group) is 1. The van der Waals surface area contributed by atoms with Crippen LogP contribution in [0.4, 0.5) is 0 Å². The highest BCUT2D eigenvalue weighted by molar-refractivity contribution is 5.78. The van der Waals surface area contributed by atoms with Crippen LogP contribution in [0.3, 0.4) is 0 Å². The Balaban J connectivity index is 1.83. The third kappa shape index (κ3) is 3.42. The third-order valence-corrected chi connectivity index (χ3v) is 4.67. The van der Waals surface area contributed by atoms with Crippen LogP contribution in [0.15, 0.2) is 12.3 Å². The molecule has 3 rings (SSSR count). The molecule has 1 aliphatic heterocycles. The summed E-state index contributed by atoms with van der Waals surface area (Å²) in [4.78, 5) is 21.3. The fourth-order valence-corrected chi connectivity index (χ4v) is 3.42. The number of nitrogens with zero attached hydrogens (tertiary/aromatic N) is 5. The standard InChI is InChI=1S/C17H26N6O/c1-12-7-13(2)23-16(20-12)14(8-19-23)10-22-6-5-21(4)9-15(11-22)17(24)18-3/h7-8,15H,5-6,9-11H2,1-4H3,(H,18,24)/t15-/m0/s1. The monoisotopic (exact) mass is 330 g/mol. The molecule has 0 saturated carbocycles. The van der Waals surface area contributed by atoms with Crippen molar-refractivity contribution in [1.29, 1.82) is 0 Å². The molecule has 2 aromatic rings. The molecule has 1 N–H and O–H groups in total. The second kappa shape index (κ2) is 6.86. The molecule has 0 aliphatic carbocycles. The van der Waals surface area contributed by atoms with E-state index < -0.39 is 0 Å². The summed E-state index contributed by atoms with van der Waals surface area (Å²) in [5.74, 6) is 0.0965. The molecule has 1 atom stereocenters. The van der Waals surface area contributed by atoms with Gasteiger partial charge in [-0.3, -0.25) is 9.69 Å². The molecule has 1 fully saturated rings. The second-order valence-corrected chi connectivity index (χ2v) is 6.75. The van der Waals surface area contributed by atoms with Crippen molar-refractivity contribution in [3.8, 4) is 0 Å². The lowest BCUT2D eigenvalue weighted by atomic mass is 10.1. The second-order valence-electron chi connectivity index (χ2n) is 6.75. The van der Waals surface area contributed by atoms with Crippen molar-refractivity contribution in [2.75, 3.05) is 40.3 Å². The van der Waals surface area contributed by atoms with Crippen LogP contribution in [0.2, 0.25) is 0 Å². The Morgan fingerprint density at radius 3 is 2.88 bits per heavy atom. The smallest absolute Gasteiger partial charge is 0.225 e. The van der Waals surface area contributed by atoms with Gasteiger partial charge in [-0.1, -0.05) is 0 Å². The van der Waals surface area contributed by atoms with Gasteiger partial charge in [0.1, 0.15) is 0 Å². The highest BCUT2D eigenvalue weighted by Gasteiger charge is 2.26. The van der Waals surface area contributed by atoms with E-state index in [1.807, 2.05) is 30.6 Å². The molecule has 0 aromatic carbocycles. The summed E-state index contributed by atoms with van der Waals surface area (Å²) in [6.45, 7) is 8.26. The molecule has 0 spiro atoms. The van der Waals surface area contributed by atoms with Crippen molar-refractivity contribution >= 4 is 11.6 Å². The zero-order valence-corrected chi connectivity index (χ0v) is 14.9. The van der Waals surface area contributed by atoms with E-state index in [4.69, 9.17) is 0 Å². The fraction of sp³-hybridized carbons (Fsp3) is 0.588. The molecule has 0 bridgehead atoms. The Kier molecular flexibility index (Phi) is 4.82. The van der Waals surface area contributed by atoms with E-state index in [0.29, 0.717) is 0 Å². The molecule has 7 heteroatoms. The van der Waals surface area contributed by atoms with Gasteiger partial charge in [-0.2, -0.15) is 5.10 Å². The van der Waals surface area contributed by atoms with Gasteiger partial charge in [-0.15, -0.1) is 0 Å². The van der Waals surface area contributed by atoms with Gasteiger partial charge < -0.3 is 10.2 Å². The van der Waals surface area contributed by atoms with Crippen LogP contribution in [0.1, 0.15) is 17.0 Å². The number of hydrogen-bond acceptors (Lipinski definition) is 5. The molecule has 0 radical (unpaired) electrons. The van der Waals surface area contributed by atoms with Crippen LogP contribution in [0, 0.1) is 19.8 Å². The van der Waals surface area contributed by atoms with Crippen LogP contribution >= 0.6 is 0 Å². The van der Waals surface area contributed by atoms with Crippen molar-refractivity contribution in [1.82, 2.24) is 29.7 Å². The first-order valence-electron chi connectivity index (χ1n) is 8.41. The fourth-order valence-electron chi connectivity index (χ4n) is 3.42. The molecule has 7 nitrogen and oxygen atoms in total. The maximum absolute atomic E-state index is 12.1. The Labute approximate surface area is 142 Å². The molecule has 1 aliphatic rings. The van der Waals surface area contributed by atoms with E-state index in [2.05, 4.69) is 32.2 Å². The summed E-state index contributed by atoms with van der Waals surface area (Å²) in [5.41, 5.74) is 4.12. The number of hydrogen-bond donors (Lipinski definition) is 1. The Morgan fingerprint density at radius 2 is 2.12 bits per heavy atom. The minimum absolute atomic E-state index is 0.0132. The summed E-state index contributed by atoms with van der Waals surface area (Å²) < 4.78 is 1.89. The summed E-state index contributed by atoms with van der Waals surface area (Å²) >= 11 is 0. The molecular formula is C17H26N6O. The summed E-state index contributed by atoms with van der Waals surface area (Å²) in [6.07, 6.45) is 1.90. The topological polar surface area (TPSA) is 65.8 Å². The molecule has 0 unspecified atom stereocenters. The van der Waals surface area contributed by atoms with E-state index in [1.54, 1.807) is 7.05 Å². The van der Waals surface area contributed by atoms with Crippen molar-refractivity contribution in [2.45, 2.75) is 20.4 Å². The normalized spacial score (nSPS) is 20.2. The van der Waals surface area contributed by atoms with E-state index >= 15 is 0 Å². The first kappa shape index (κ1) is 16.9. The number of amides is 1. The summed E-state index contributed by atoms with van der Waals surface area (Å²) in [6, 6.07) is 2.03. The predicted octanol–water partition coefficient (Wildman–Crippen LogP) is 0.456. The highest BCUT2D eigenvalue weighted by atomic mass is 16.1. The zero-order valence-electron chi connectivity index (χ0n) is 14.9. The largest absolute Gasteiger partial charge is 0.359 e. The van der Waals surface area contributed by atoms with Crippen molar-refractivity contribution in [2.24, 2.45) is 5.92 Å². The highest BCUT2D eigenvalue weighted by Crippen LogP contribution is 2.17. The van der Waals surface area contributed by atoms with Gasteiger partial charge in [0, 0.05) is 56.7 Å². The van der Waals surface area contributed by atoms with E-state index in [0.717, 1.165) is 55.3 Å². The molecule has 24 heavy (non-hydrogen) atoms. The minimum Gasteiger partial charge on any atom is -0.359 e. The van der Waals surface area contributed by atoms with Gasteiger partial charge >= 0.3 is 0 Å². The number of rotatable bonds is 3. The Hall–Kier alpha value is -1.99. The van der Waals surface area contributed by atoms with Crippen LogP contribution in [-0.4, -0.2) is 70.6 Å². The van der Waals surface area contributed by atoms with Gasteiger partial charge in [0.15, 0.2) is 5.65 Å². The predicted molar refractivity (Wildman–Crippen MR) is 92.8 cm³/mol. The first-order chi connectivity index (χ1) is 11.5. The SMILES string of the molecule is CNC(=O)[C@H]1CN(C)CCN(Cc2cnn3c(C)cc(C)nc23)C1. The number of aryl methyl sites for hydroxylation is 2. The zero-order chi connectivity index (χ0) is 17.3. The van der Waals surface area contributed by atoms with Gasteiger partial charge in [-0.05, 0) is 27.0 Å². The molecule has 1 saturated heterocycles. The van der Waals surface area contributed by atoms with Gasteiger partial charge in [-0.25, -0.2) is 9.50 Å². The van der Waals surface area contributed by atoms with E-state index in [-0.39, 0.29) is 11.8 Å². The summed E-state index contributed by atoms with van der Waals surface area (Å²) in [7, 11) is 3.78.